The molecule has 0 spiro atoms. The largest absolute Gasteiger partial charge is 0.384 e. The molecule has 178 valence electrons. The molecule has 1 fully saturated rings. The third kappa shape index (κ3) is 6.95. The first-order valence-corrected chi connectivity index (χ1v) is 11.2. The third-order valence-electron chi connectivity index (χ3n) is 6.09. The minimum Gasteiger partial charge on any atom is -0.384 e. The Hall–Kier alpha value is -3.07. The van der Waals surface area contributed by atoms with Crippen LogP contribution in [-0.4, -0.2) is 46.4 Å². The number of piperidine rings is 1. The lowest BCUT2D eigenvalue weighted by Crippen LogP contribution is -2.53. The van der Waals surface area contributed by atoms with Gasteiger partial charge in [-0.05, 0) is 56.0 Å². The summed E-state index contributed by atoms with van der Waals surface area (Å²) in [7, 11) is 0. The smallest absolute Gasteiger partial charge is 0.243 e. The molecule has 2 unspecified atom stereocenters. The van der Waals surface area contributed by atoms with Crippen LogP contribution in [0.2, 0.25) is 0 Å². The SMILES string of the molecule is CC1CCC[C@H](C)N1CC(=O)NC(Cc1ccc(F)c(F)c1)C(=O)NCc1ccc(N)nc1. The first-order chi connectivity index (χ1) is 15.7. The number of nitrogens with zero attached hydrogens (tertiary/aromatic N) is 2. The number of carbonyl (C=O) groups is 2. The molecule has 0 saturated carbocycles. The predicted molar refractivity (Wildman–Crippen MR) is 122 cm³/mol. The zero-order valence-corrected chi connectivity index (χ0v) is 19.0. The Kier molecular flexibility index (Phi) is 8.32. The highest BCUT2D eigenvalue weighted by Crippen LogP contribution is 2.22. The first kappa shape index (κ1) is 24.6. The number of amides is 2. The van der Waals surface area contributed by atoms with Crippen LogP contribution >= 0.6 is 0 Å². The van der Waals surface area contributed by atoms with Crippen LogP contribution in [-0.2, 0) is 22.6 Å². The number of carbonyl (C=O) groups excluding carboxylic acids is 2. The lowest BCUT2D eigenvalue weighted by Gasteiger charge is -2.38. The molecule has 9 heteroatoms. The van der Waals surface area contributed by atoms with Gasteiger partial charge in [-0.3, -0.25) is 14.5 Å². The van der Waals surface area contributed by atoms with E-state index < -0.39 is 23.6 Å². The number of likely N-dealkylation sites (tertiary alicyclic amines) is 1. The number of benzene rings is 1. The fourth-order valence-corrected chi connectivity index (χ4v) is 4.16. The van der Waals surface area contributed by atoms with E-state index in [1.807, 2.05) is 0 Å². The van der Waals surface area contributed by atoms with Crippen molar-refractivity contribution >= 4 is 17.6 Å². The lowest BCUT2D eigenvalue weighted by atomic mass is 9.97. The number of halogens is 2. The molecule has 4 N–H and O–H groups in total. The summed E-state index contributed by atoms with van der Waals surface area (Å²) in [6.45, 7) is 4.55. The maximum absolute atomic E-state index is 13.7. The van der Waals surface area contributed by atoms with Crippen LogP contribution in [0, 0.1) is 11.6 Å². The zero-order chi connectivity index (χ0) is 24.0. The highest BCUT2D eigenvalue weighted by atomic mass is 19.2. The average Bonchev–Trinajstić information content (AvgIpc) is 2.78. The van der Waals surface area contributed by atoms with Crippen LogP contribution < -0.4 is 16.4 Å². The molecule has 0 radical (unpaired) electrons. The van der Waals surface area contributed by atoms with Crippen LogP contribution in [0.5, 0.6) is 0 Å². The van der Waals surface area contributed by atoms with E-state index >= 15 is 0 Å². The molecule has 1 aliphatic heterocycles. The molecule has 2 amide bonds. The number of aromatic nitrogens is 1. The summed E-state index contributed by atoms with van der Waals surface area (Å²) in [4.78, 5) is 31.9. The van der Waals surface area contributed by atoms with Crippen molar-refractivity contribution in [2.24, 2.45) is 0 Å². The monoisotopic (exact) mass is 459 g/mol. The first-order valence-electron chi connectivity index (χ1n) is 11.2. The molecule has 2 aromatic rings. The fourth-order valence-electron chi connectivity index (χ4n) is 4.16. The number of anilines is 1. The molecule has 3 rings (SSSR count). The molecule has 1 saturated heterocycles. The Labute approximate surface area is 192 Å². The van der Waals surface area contributed by atoms with Crippen molar-refractivity contribution in [1.82, 2.24) is 20.5 Å². The molecular weight excluding hydrogens is 428 g/mol. The van der Waals surface area contributed by atoms with Gasteiger partial charge in [0.15, 0.2) is 11.6 Å². The summed E-state index contributed by atoms with van der Waals surface area (Å²) < 4.78 is 27.0. The number of nitrogens with one attached hydrogen (secondary N) is 2. The van der Waals surface area contributed by atoms with Crippen molar-refractivity contribution in [3.63, 3.8) is 0 Å². The molecule has 0 bridgehead atoms. The average molecular weight is 460 g/mol. The number of pyridine rings is 1. The molecule has 2 heterocycles. The van der Waals surface area contributed by atoms with Crippen LogP contribution in [0.4, 0.5) is 14.6 Å². The standard InChI is InChI=1S/C24H31F2N5O2/c1-15-4-3-5-16(2)31(15)14-23(32)30-21(11-17-6-8-19(25)20(26)10-17)24(33)29-13-18-7-9-22(27)28-12-18/h6-10,12,15-16,21H,3-5,11,13-14H2,1-2H3,(H2,27,28)(H,29,33)(H,30,32)/t15-,16?,21?/m0/s1. The predicted octanol–water partition coefficient (Wildman–Crippen LogP) is 2.55. The molecule has 33 heavy (non-hydrogen) atoms. The van der Waals surface area contributed by atoms with Gasteiger partial charge in [0.25, 0.3) is 0 Å². The molecule has 7 nitrogen and oxygen atoms in total. The lowest BCUT2D eigenvalue weighted by molar-refractivity contribution is -0.130. The minimum absolute atomic E-state index is 0.0276. The van der Waals surface area contributed by atoms with Gasteiger partial charge >= 0.3 is 0 Å². The van der Waals surface area contributed by atoms with E-state index in [0.717, 1.165) is 37.0 Å². The van der Waals surface area contributed by atoms with Crippen molar-refractivity contribution in [2.45, 2.75) is 64.2 Å². The molecule has 1 aromatic heterocycles. The third-order valence-corrected chi connectivity index (χ3v) is 6.09. The van der Waals surface area contributed by atoms with E-state index in [0.29, 0.717) is 11.4 Å². The number of rotatable bonds is 8. The molecule has 3 atom stereocenters. The van der Waals surface area contributed by atoms with E-state index in [-0.39, 0.29) is 37.5 Å². The second kappa shape index (κ2) is 11.2. The van der Waals surface area contributed by atoms with Crippen LogP contribution in [0.15, 0.2) is 36.5 Å². The normalized spacial score (nSPS) is 19.6. The molecular formula is C24H31F2N5O2. The number of hydrogen-bond donors (Lipinski definition) is 3. The van der Waals surface area contributed by atoms with Gasteiger partial charge in [-0.2, -0.15) is 0 Å². The van der Waals surface area contributed by atoms with Crippen molar-refractivity contribution in [3.8, 4) is 0 Å². The quantitative estimate of drug-likeness (QED) is 0.563. The second-order valence-electron chi connectivity index (χ2n) is 8.68. The second-order valence-corrected chi connectivity index (χ2v) is 8.68. The summed E-state index contributed by atoms with van der Waals surface area (Å²) in [6, 6.07) is 6.43. The van der Waals surface area contributed by atoms with E-state index in [1.165, 1.54) is 6.07 Å². The minimum atomic E-state index is -0.998. The van der Waals surface area contributed by atoms with Gasteiger partial charge in [0.05, 0.1) is 6.54 Å². The highest BCUT2D eigenvalue weighted by Gasteiger charge is 2.28. The molecule has 1 aliphatic rings. The van der Waals surface area contributed by atoms with E-state index in [2.05, 4.69) is 34.4 Å². The summed E-state index contributed by atoms with van der Waals surface area (Å²) >= 11 is 0. The van der Waals surface area contributed by atoms with Gasteiger partial charge in [-0.25, -0.2) is 13.8 Å². The summed E-state index contributed by atoms with van der Waals surface area (Å²) in [5.41, 5.74) is 6.73. The maximum Gasteiger partial charge on any atom is 0.243 e. The number of nitrogen functional groups attached to an aromatic ring is 1. The van der Waals surface area contributed by atoms with Gasteiger partial charge < -0.3 is 16.4 Å². The van der Waals surface area contributed by atoms with Gasteiger partial charge in [-0.15, -0.1) is 0 Å². The molecule has 1 aromatic carbocycles. The Morgan fingerprint density at radius 1 is 1.12 bits per heavy atom. The van der Waals surface area contributed by atoms with Gasteiger partial charge in [0.2, 0.25) is 11.8 Å². The van der Waals surface area contributed by atoms with Gasteiger partial charge in [0, 0.05) is 31.2 Å². The Morgan fingerprint density at radius 2 is 1.82 bits per heavy atom. The van der Waals surface area contributed by atoms with Crippen molar-refractivity contribution < 1.29 is 18.4 Å². The number of nitrogens with two attached hydrogens (primary N) is 1. The Bertz CT molecular complexity index is 960. The van der Waals surface area contributed by atoms with Crippen molar-refractivity contribution in [1.29, 1.82) is 0 Å². The topological polar surface area (TPSA) is 100 Å². The van der Waals surface area contributed by atoms with E-state index in [1.54, 1.807) is 18.3 Å². The summed E-state index contributed by atoms with van der Waals surface area (Å²) in [6.07, 6.45) is 4.75. The Balaban J connectivity index is 1.69. The van der Waals surface area contributed by atoms with Crippen molar-refractivity contribution in [2.75, 3.05) is 12.3 Å². The summed E-state index contributed by atoms with van der Waals surface area (Å²) in [5, 5.41) is 5.56. The van der Waals surface area contributed by atoms with Crippen LogP contribution in [0.3, 0.4) is 0 Å². The molecule has 0 aliphatic carbocycles. The van der Waals surface area contributed by atoms with Crippen LogP contribution in [0.1, 0.15) is 44.2 Å². The summed E-state index contributed by atoms with van der Waals surface area (Å²) in [5.74, 6) is -2.30. The van der Waals surface area contributed by atoms with Crippen LogP contribution in [0.25, 0.3) is 0 Å². The van der Waals surface area contributed by atoms with Gasteiger partial charge in [0.1, 0.15) is 11.9 Å². The maximum atomic E-state index is 13.7. The highest BCUT2D eigenvalue weighted by molar-refractivity contribution is 5.88. The zero-order valence-electron chi connectivity index (χ0n) is 19.0. The van der Waals surface area contributed by atoms with Gasteiger partial charge in [-0.1, -0.05) is 18.6 Å². The Morgan fingerprint density at radius 3 is 2.45 bits per heavy atom. The number of hydrogen-bond acceptors (Lipinski definition) is 5. The van der Waals surface area contributed by atoms with E-state index in [4.69, 9.17) is 5.73 Å². The fraction of sp³-hybridized carbons (Fsp3) is 0.458. The van der Waals surface area contributed by atoms with E-state index in [9.17, 15) is 18.4 Å². The van der Waals surface area contributed by atoms with Crippen molar-refractivity contribution in [3.05, 3.63) is 59.3 Å².